The molecule has 2 aromatic carbocycles. The summed E-state index contributed by atoms with van der Waals surface area (Å²) < 4.78 is 27.5. The van der Waals surface area contributed by atoms with Crippen LogP contribution in [0.25, 0.3) is 0 Å². The predicted octanol–water partition coefficient (Wildman–Crippen LogP) is 3.18. The highest BCUT2D eigenvalue weighted by atomic mass is 35.5. The summed E-state index contributed by atoms with van der Waals surface area (Å²) in [7, 11) is -3.55. The van der Waals surface area contributed by atoms with Crippen molar-refractivity contribution in [2.45, 2.75) is 30.3 Å². The van der Waals surface area contributed by atoms with Crippen molar-refractivity contribution in [3.05, 3.63) is 64.7 Å². The topological polar surface area (TPSA) is 67.7 Å². The molecule has 4 rings (SSSR count). The maximum atomic E-state index is 12.9. The quantitative estimate of drug-likeness (QED) is 0.688. The Morgan fingerprint density at radius 1 is 0.968 bits per heavy atom. The van der Waals surface area contributed by atoms with Crippen LogP contribution in [0.5, 0.6) is 0 Å². The summed E-state index contributed by atoms with van der Waals surface area (Å²) >= 11 is 6.13. The smallest absolute Gasteiger partial charge is 0.244 e. The zero-order chi connectivity index (χ0) is 21.8. The number of halogens is 1. The van der Waals surface area contributed by atoms with Gasteiger partial charge >= 0.3 is 0 Å². The number of nitriles is 1. The van der Waals surface area contributed by atoms with Gasteiger partial charge in [-0.15, -0.1) is 0 Å². The van der Waals surface area contributed by atoms with E-state index >= 15 is 0 Å². The van der Waals surface area contributed by atoms with Crippen LogP contribution in [-0.4, -0.2) is 67.8 Å². The Morgan fingerprint density at radius 3 is 2.35 bits per heavy atom. The number of piperazine rings is 1. The van der Waals surface area contributed by atoms with Crippen LogP contribution < -0.4 is 0 Å². The van der Waals surface area contributed by atoms with Crippen molar-refractivity contribution < 1.29 is 8.42 Å². The lowest BCUT2D eigenvalue weighted by molar-refractivity contribution is 0.0786. The maximum absolute atomic E-state index is 12.9. The summed E-state index contributed by atoms with van der Waals surface area (Å²) in [5.41, 5.74) is 1.88. The van der Waals surface area contributed by atoms with Crippen molar-refractivity contribution in [1.82, 2.24) is 14.1 Å². The zero-order valence-corrected chi connectivity index (χ0v) is 19.0. The van der Waals surface area contributed by atoms with Crippen LogP contribution in [-0.2, 0) is 16.6 Å². The van der Waals surface area contributed by atoms with E-state index in [1.54, 1.807) is 28.6 Å². The number of rotatable bonds is 5. The van der Waals surface area contributed by atoms with Gasteiger partial charge in [0.25, 0.3) is 0 Å². The minimum absolute atomic E-state index is 0.193. The van der Waals surface area contributed by atoms with Gasteiger partial charge < -0.3 is 0 Å². The lowest BCUT2D eigenvalue weighted by atomic mass is 10.0. The molecule has 164 valence electrons. The van der Waals surface area contributed by atoms with Gasteiger partial charge in [0.15, 0.2) is 0 Å². The molecule has 0 radical (unpaired) electrons. The predicted molar refractivity (Wildman–Crippen MR) is 121 cm³/mol. The molecule has 0 spiro atoms. The van der Waals surface area contributed by atoms with Gasteiger partial charge in [-0.05, 0) is 55.8 Å². The average molecular weight is 459 g/mol. The van der Waals surface area contributed by atoms with E-state index in [1.165, 1.54) is 5.56 Å². The summed E-state index contributed by atoms with van der Waals surface area (Å²) in [6.07, 6.45) is 2.16. The number of sulfonamides is 1. The Hall–Kier alpha value is -1.95. The molecule has 2 aliphatic heterocycles. The third kappa shape index (κ3) is 5.11. The molecule has 2 aliphatic rings. The van der Waals surface area contributed by atoms with Gasteiger partial charge in [-0.3, -0.25) is 9.80 Å². The molecule has 0 saturated carbocycles. The van der Waals surface area contributed by atoms with Crippen LogP contribution in [0.15, 0.2) is 53.4 Å². The molecule has 6 nitrogen and oxygen atoms in total. The van der Waals surface area contributed by atoms with Crippen molar-refractivity contribution in [3.63, 3.8) is 0 Å². The van der Waals surface area contributed by atoms with E-state index in [2.05, 4.69) is 21.9 Å². The molecule has 31 heavy (non-hydrogen) atoms. The van der Waals surface area contributed by atoms with Crippen LogP contribution in [0.3, 0.4) is 0 Å². The summed E-state index contributed by atoms with van der Waals surface area (Å²) in [6.45, 7) is 5.38. The van der Waals surface area contributed by atoms with Gasteiger partial charge in [-0.2, -0.15) is 9.57 Å². The zero-order valence-electron chi connectivity index (χ0n) is 17.5. The SMILES string of the molecule is N#Cc1cccc(CN2CCC(N3CCN(S(=O)(=O)c4ccccc4Cl)CC3)CC2)c1. The lowest BCUT2D eigenvalue weighted by Crippen LogP contribution is -2.54. The molecule has 0 aromatic heterocycles. The average Bonchev–Trinajstić information content (AvgIpc) is 2.80. The number of nitrogens with zero attached hydrogens (tertiary/aromatic N) is 4. The Kier molecular flexibility index (Phi) is 6.95. The molecule has 0 amide bonds. The first-order valence-electron chi connectivity index (χ1n) is 10.7. The number of hydrogen-bond acceptors (Lipinski definition) is 5. The van der Waals surface area contributed by atoms with E-state index < -0.39 is 10.0 Å². The van der Waals surface area contributed by atoms with Crippen molar-refractivity contribution in [2.24, 2.45) is 0 Å². The molecule has 2 saturated heterocycles. The first kappa shape index (κ1) is 22.3. The molecule has 0 N–H and O–H groups in total. The normalized spacial score (nSPS) is 19.9. The van der Waals surface area contributed by atoms with Crippen LogP contribution in [0, 0.1) is 11.3 Å². The van der Waals surface area contributed by atoms with Crippen molar-refractivity contribution in [3.8, 4) is 6.07 Å². The monoisotopic (exact) mass is 458 g/mol. The van der Waals surface area contributed by atoms with E-state index in [4.69, 9.17) is 16.9 Å². The van der Waals surface area contributed by atoms with E-state index in [1.807, 2.05) is 18.2 Å². The van der Waals surface area contributed by atoms with E-state index in [0.717, 1.165) is 45.6 Å². The third-order valence-corrected chi connectivity index (χ3v) is 8.66. The van der Waals surface area contributed by atoms with E-state index in [0.29, 0.717) is 24.7 Å². The molecular weight excluding hydrogens is 432 g/mol. The fraction of sp³-hybridized carbons (Fsp3) is 0.435. The number of hydrogen-bond donors (Lipinski definition) is 0. The van der Waals surface area contributed by atoms with Gasteiger partial charge in [-0.25, -0.2) is 8.42 Å². The van der Waals surface area contributed by atoms with Crippen molar-refractivity contribution in [1.29, 1.82) is 5.26 Å². The summed E-state index contributed by atoms with van der Waals surface area (Å²) in [5, 5.41) is 9.35. The minimum Gasteiger partial charge on any atom is -0.299 e. The van der Waals surface area contributed by atoms with Gasteiger partial charge in [0, 0.05) is 38.8 Å². The van der Waals surface area contributed by atoms with Gasteiger partial charge in [0.2, 0.25) is 10.0 Å². The summed E-state index contributed by atoms with van der Waals surface area (Å²) in [6, 6.07) is 17.2. The van der Waals surface area contributed by atoms with Crippen molar-refractivity contribution >= 4 is 21.6 Å². The second-order valence-corrected chi connectivity index (χ2v) is 10.5. The summed E-state index contributed by atoms with van der Waals surface area (Å²) in [4.78, 5) is 5.07. The van der Waals surface area contributed by atoms with Crippen LogP contribution in [0.2, 0.25) is 5.02 Å². The summed E-state index contributed by atoms with van der Waals surface area (Å²) in [5.74, 6) is 0. The van der Waals surface area contributed by atoms with Crippen LogP contribution in [0.4, 0.5) is 0 Å². The highest BCUT2D eigenvalue weighted by Gasteiger charge is 2.33. The molecule has 0 atom stereocenters. The minimum atomic E-state index is -3.55. The Labute approximate surface area is 189 Å². The molecular formula is C23H27ClN4O2S. The standard InChI is InChI=1S/C23H27ClN4O2S/c24-22-6-1-2-7-23(22)31(29,30)28-14-12-27(13-15-28)21-8-10-26(11-9-21)18-20-5-3-4-19(16-20)17-25/h1-7,16,21H,8-15,18H2. The van der Waals surface area contributed by atoms with Gasteiger partial charge in [0.05, 0.1) is 16.7 Å². The lowest BCUT2D eigenvalue weighted by Gasteiger charge is -2.42. The third-order valence-electron chi connectivity index (χ3n) is 6.26. The Morgan fingerprint density at radius 2 is 1.68 bits per heavy atom. The Bertz CT molecular complexity index is 1050. The fourth-order valence-electron chi connectivity index (χ4n) is 4.54. The molecule has 8 heteroatoms. The number of likely N-dealkylation sites (tertiary alicyclic amines) is 1. The largest absolute Gasteiger partial charge is 0.299 e. The van der Waals surface area contributed by atoms with Crippen LogP contribution >= 0.6 is 11.6 Å². The highest BCUT2D eigenvalue weighted by molar-refractivity contribution is 7.89. The van der Waals surface area contributed by atoms with E-state index in [-0.39, 0.29) is 9.92 Å². The molecule has 0 unspecified atom stereocenters. The highest BCUT2D eigenvalue weighted by Crippen LogP contribution is 2.26. The van der Waals surface area contributed by atoms with Gasteiger partial charge in [-0.1, -0.05) is 35.9 Å². The molecule has 2 aromatic rings. The van der Waals surface area contributed by atoms with Crippen LogP contribution in [0.1, 0.15) is 24.0 Å². The van der Waals surface area contributed by atoms with Crippen molar-refractivity contribution in [2.75, 3.05) is 39.3 Å². The molecule has 0 bridgehead atoms. The molecule has 2 heterocycles. The second kappa shape index (κ2) is 9.68. The molecule has 2 fully saturated rings. The second-order valence-electron chi connectivity index (χ2n) is 8.19. The molecule has 0 aliphatic carbocycles. The first-order chi connectivity index (χ1) is 15.0. The number of piperidine rings is 1. The first-order valence-corrected chi connectivity index (χ1v) is 12.5. The maximum Gasteiger partial charge on any atom is 0.244 e. The Balaban J connectivity index is 1.28. The van der Waals surface area contributed by atoms with E-state index in [9.17, 15) is 8.42 Å². The fourth-order valence-corrected chi connectivity index (χ4v) is 6.46. The van der Waals surface area contributed by atoms with Gasteiger partial charge in [0.1, 0.15) is 4.90 Å². The number of benzene rings is 2.